The molecule has 1 unspecified atom stereocenters. The molecular weight excluding hydrogens is 374 g/mol. The third-order valence-electron chi connectivity index (χ3n) is 6.03. The van der Waals surface area contributed by atoms with Crippen LogP contribution in [-0.2, 0) is 11.2 Å². The monoisotopic (exact) mass is 397 g/mol. The molecular formula is C22H24ClN3O2. The smallest absolute Gasteiger partial charge is 0.253 e. The van der Waals surface area contributed by atoms with E-state index in [1.165, 1.54) is 0 Å². The van der Waals surface area contributed by atoms with Crippen LogP contribution in [0.4, 0.5) is 0 Å². The van der Waals surface area contributed by atoms with Gasteiger partial charge in [0, 0.05) is 54.4 Å². The van der Waals surface area contributed by atoms with Crippen LogP contribution in [0.25, 0.3) is 0 Å². The van der Waals surface area contributed by atoms with E-state index in [2.05, 4.69) is 10.3 Å². The van der Waals surface area contributed by atoms with Gasteiger partial charge in [0.15, 0.2) is 0 Å². The molecule has 0 radical (unpaired) electrons. The number of hydrogen-bond donors (Lipinski definition) is 1. The molecule has 1 aliphatic heterocycles. The van der Waals surface area contributed by atoms with Gasteiger partial charge in [-0.1, -0.05) is 23.7 Å². The second-order valence-electron chi connectivity index (χ2n) is 7.78. The molecule has 2 aromatic rings. The van der Waals surface area contributed by atoms with Gasteiger partial charge in [0.05, 0.1) is 0 Å². The Morgan fingerprint density at radius 3 is 2.71 bits per heavy atom. The number of hydrogen-bond acceptors (Lipinski definition) is 3. The van der Waals surface area contributed by atoms with Crippen molar-refractivity contribution in [2.45, 2.75) is 25.7 Å². The van der Waals surface area contributed by atoms with E-state index >= 15 is 0 Å². The minimum Gasteiger partial charge on any atom is -0.355 e. The molecule has 1 aromatic heterocycles. The third kappa shape index (κ3) is 4.04. The Morgan fingerprint density at radius 1 is 1.18 bits per heavy atom. The van der Waals surface area contributed by atoms with Gasteiger partial charge in [-0.15, -0.1) is 0 Å². The van der Waals surface area contributed by atoms with E-state index in [4.69, 9.17) is 11.6 Å². The van der Waals surface area contributed by atoms with E-state index in [-0.39, 0.29) is 23.1 Å². The van der Waals surface area contributed by atoms with E-state index < -0.39 is 0 Å². The topological polar surface area (TPSA) is 62.3 Å². The summed E-state index contributed by atoms with van der Waals surface area (Å²) in [6, 6.07) is 12.9. The van der Waals surface area contributed by atoms with Crippen molar-refractivity contribution in [1.82, 2.24) is 15.2 Å². The zero-order chi connectivity index (χ0) is 19.6. The molecule has 2 aliphatic rings. The molecule has 4 rings (SSSR count). The lowest BCUT2D eigenvalue weighted by Crippen LogP contribution is -2.40. The lowest BCUT2D eigenvalue weighted by molar-refractivity contribution is -0.123. The molecule has 28 heavy (non-hydrogen) atoms. The molecule has 2 amide bonds. The highest BCUT2D eigenvalue weighted by atomic mass is 35.5. The van der Waals surface area contributed by atoms with Crippen LogP contribution in [-0.4, -0.2) is 41.3 Å². The van der Waals surface area contributed by atoms with Crippen molar-refractivity contribution in [2.24, 2.45) is 11.3 Å². The van der Waals surface area contributed by atoms with Crippen molar-refractivity contribution < 1.29 is 9.59 Å². The van der Waals surface area contributed by atoms with Gasteiger partial charge in [0.25, 0.3) is 5.91 Å². The van der Waals surface area contributed by atoms with Crippen molar-refractivity contribution >= 4 is 23.4 Å². The van der Waals surface area contributed by atoms with Crippen LogP contribution < -0.4 is 5.32 Å². The van der Waals surface area contributed by atoms with Crippen molar-refractivity contribution in [3.63, 3.8) is 0 Å². The van der Waals surface area contributed by atoms with Crippen molar-refractivity contribution in [1.29, 1.82) is 0 Å². The number of carbonyl (C=O) groups is 2. The van der Waals surface area contributed by atoms with Gasteiger partial charge in [0.1, 0.15) is 0 Å². The Hall–Kier alpha value is -2.40. The summed E-state index contributed by atoms with van der Waals surface area (Å²) in [5, 5.41) is 3.63. The summed E-state index contributed by atoms with van der Waals surface area (Å²) in [5.41, 5.74) is 1.70. The van der Waals surface area contributed by atoms with E-state index in [1.54, 1.807) is 30.5 Å². The molecule has 1 aliphatic carbocycles. The summed E-state index contributed by atoms with van der Waals surface area (Å²) >= 11 is 6.00. The van der Waals surface area contributed by atoms with Crippen LogP contribution in [0.15, 0.2) is 48.7 Å². The van der Waals surface area contributed by atoms with Crippen LogP contribution in [0.3, 0.4) is 0 Å². The minimum absolute atomic E-state index is 0.0226. The van der Waals surface area contributed by atoms with E-state index in [0.29, 0.717) is 30.2 Å². The highest BCUT2D eigenvalue weighted by Crippen LogP contribution is 2.59. The highest BCUT2D eigenvalue weighted by Gasteiger charge is 2.58. The van der Waals surface area contributed by atoms with Gasteiger partial charge in [0.2, 0.25) is 5.91 Å². The molecule has 6 heteroatoms. The summed E-state index contributed by atoms with van der Waals surface area (Å²) < 4.78 is 0. The first-order valence-electron chi connectivity index (χ1n) is 9.80. The zero-order valence-electron chi connectivity index (χ0n) is 15.7. The van der Waals surface area contributed by atoms with Gasteiger partial charge in [-0.2, -0.15) is 0 Å². The SMILES string of the molecule is O=C(NCCc1ccccn1)C1CC12CCN(C(=O)c1cccc(Cl)c1)CC2. The van der Waals surface area contributed by atoms with Gasteiger partial charge < -0.3 is 10.2 Å². The van der Waals surface area contributed by atoms with Crippen LogP contribution in [0, 0.1) is 11.3 Å². The van der Waals surface area contributed by atoms with Crippen LogP contribution in [0.5, 0.6) is 0 Å². The summed E-state index contributed by atoms with van der Waals surface area (Å²) in [7, 11) is 0. The molecule has 2 heterocycles. The number of nitrogens with one attached hydrogen (secondary N) is 1. The maximum Gasteiger partial charge on any atom is 0.253 e. The second-order valence-corrected chi connectivity index (χ2v) is 8.22. The first-order valence-corrected chi connectivity index (χ1v) is 10.2. The third-order valence-corrected chi connectivity index (χ3v) is 6.27. The number of pyridine rings is 1. The Morgan fingerprint density at radius 2 is 2.00 bits per heavy atom. The number of amides is 2. The van der Waals surface area contributed by atoms with Crippen molar-refractivity contribution in [2.75, 3.05) is 19.6 Å². The summed E-state index contributed by atoms with van der Waals surface area (Å²) in [6.07, 6.45) is 5.22. The number of aromatic nitrogens is 1. The molecule has 2 fully saturated rings. The zero-order valence-corrected chi connectivity index (χ0v) is 16.5. The summed E-state index contributed by atoms with van der Waals surface area (Å²) in [5.74, 6) is 0.250. The van der Waals surface area contributed by atoms with E-state index in [0.717, 1.165) is 31.4 Å². The van der Waals surface area contributed by atoms with E-state index in [9.17, 15) is 9.59 Å². The fourth-order valence-corrected chi connectivity index (χ4v) is 4.40. The number of piperidine rings is 1. The van der Waals surface area contributed by atoms with Crippen LogP contribution in [0.2, 0.25) is 5.02 Å². The molecule has 1 saturated carbocycles. The first kappa shape index (κ1) is 18.9. The van der Waals surface area contributed by atoms with E-state index in [1.807, 2.05) is 23.1 Å². The number of nitrogens with zero attached hydrogens (tertiary/aromatic N) is 2. The number of likely N-dealkylation sites (tertiary alicyclic amines) is 1. The number of benzene rings is 1. The highest BCUT2D eigenvalue weighted by molar-refractivity contribution is 6.30. The predicted molar refractivity (Wildman–Crippen MR) is 108 cm³/mol. The summed E-state index contributed by atoms with van der Waals surface area (Å²) in [4.78, 5) is 31.3. The van der Waals surface area contributed by atoms with Crippen LogP contribution in [0.1, 0.15) is 35.3 Å². The Balaban J connectivity index is 1.25. The van der Waals surface area contributed by atoms with Gasteiger partial charge in [-0.25, -0.2) is 0 Å². The van der Waals surface area contributed by atoms with Crippen LogP contribution >= 0.6 is 11.6 Å². The molecule has 1 saturated heterocycles. The molecule has 1 atom stereocenters. The largest absolute Gasteiger partial charge is 0.355 e. The Bertz CT molecular complexity index is 863. The maximum absolute atomic E-state index is 12.7. The molecule has 5 nitrogen and oxygen atoms in total. The normalized spacial score (nSPS) is 20.0. The predicted octanol–water partition coefficient (Wildman–Crippen LogP) is 3.34. The van der Waals surface area contributed by atoms with Gasteiger partial charge >= 0.3 is 0 Å². The minimum atomic E-state index is 0.0226. The fraction of sp³-hybridized carbons (Fsp3) is 0.409. The Kier molecular flexibility index (Phi) is 5.36. The number of rotatable bonds is 5. The number of carbonyl (C=O) groups excluding carboxylic acids is 2. The van der Waals surface area contributed by atoms with Gasteiger partial charge in [-0.05, 0) is 55.0 Å². The fourth-order valence-electron chi connectivity index (χ4n) is 4.21. The van der Waals surface area contributed by atoms with Gasteiger partial charge in [-0.3, -0.25) is 14.6 Å². The first-order chi connectivity index (χ1) is 13.6. The quantitative estimate of drug-likeness (QED) is 0.841. The molecule has 1 N–H and O–H groups in total. The summed E-state index contributed by atoms with van der Waals surface area (Å²) in [6.45, 7) is 2.01. The maximum atomic E-state index is 12.7. The molecule has 0 bridgehead atoms. The lowest BCUT2D eigenvalue weighted by Gasteiger charge is -2.33. The molecule has 146 valence electrons. The average Bonchev–Trinajstić information content (AvgIpc) is 3.42. The Labute approximate surface area is 170 Å². The van der Waals surface area contributed by atoms with Crippen molar-refractivity contribution in [3.8, 4) is 0 Å². The second kappa shape index (κ2) is 7.92. The standard InChI is InChI=1S/C22H24ClN3O2/c23-17-5-3-4-16(14-17)21(28)26-12-8-22(9-13-26)15-19(22)20(27)25-11-7-18-6-1-2-10-24-18/h1-6,10,14,19H,7-9,11-13,15H2,(H,25,27). The molecule has 1 aromatic carbocycles. The number of halogens is 1. The average molecular weight is 398 g/mol. The molecule has 1 spiro atoms. The van der Waals surface area contributed by atoms with Crippen molar-refractivity contribution in [3.05, 3.63) is 64.9 Å². The lowest BCUT2D eigenvalue weighted by atomic mass is 9.90.